The molecule has 0 bridgehead atoms. The summed E-state index contributed by atoms with van der Waals surface area (Å²) in [5.74, 6) is 0.305. The van der Waals surface area contributed by atoms with Crippen LogP contribution in [0.4, 0.5) is 9.18 Å². The van der Waals surface area contributed by atoms with E-state index in [0.717, 1.165) is 43.6 Å². The fraction of sp³-hybridized carbons (Fsp3) is 0.350. The van der Waals surface area contributed by atoms with E-state index in [1.807, 2.05) is 24.3 Å². The summed E-state index contributed by atoms with van der Waals surface area (Å²) in [4.78, 5) is 13.4. The first kappa shape index (κ1) is 17.4. The van der Waals surface area contributed by atoms with Crippen LogP contribution in [0.5, 0.6) is 0 Å². The first-order valence-electron chi connectivity index (χ1n) is 8.70. The van der Waals surface area contributed by atoms with Crippen molar-refractivity contribution in [1.29, 1.82) is 0 Å². The summed E-state index contributed by atoms with van der Waals surface area (Å²) < 4.78 is 13.0. The molecule has 0 atom stereocenters. The van der Waals surface area contributed by atoms with Crippen LogP contribution in [0.2, 0.25) is 0 Å². The normalized spacial score (nSPS) is 15.9. The van der Waals surface area contributed by atoms with E-state index in [1.54, 1.807) is 0 Å². The molecule has 25 heavy (non-hydrogen) atoms. The number of halogens is 1. The van der Waals surface area contributed by atoms with Crippen molar-refractivity contribution in [3.63, 3.8) is 0 Å². The molecule has 2 aromatic carbocycles. The van der Waals surface area contributed by atoms with Gasteiger partial charge in [-0.05, 0) is 60.7 Å². The van der Waals surface area contributed by atoms with Gasteiger partial charge < -0.3 is 11.1 Å². The molecule has 132 valence electrons. The van der Waals surface area contributed by atoms with Crippen molar-refractivity contribution in [2.45, 2.75) is 31.8 Å². The number of rotatable bonds is 5. The zero-order valence-electron chi connectivity index (χ0n) is 14.2. The van der Waals surface area contributed by atoms with Crippen molar-refractivity contribution in [2.75, 3.05) is 13.1 Å². The Morgan fingerprint density at radius 3 is 2.48 bits per heavy atom. The van der Waals surface area contributed by atoms with Crippen LogP contribution in [0, 0.1) is 5.82 Å². The van der Waals surface area contributed by atoms with Crippen molar-refractivity contribution < 1.29 is 9.18 Å². The van der Waals surface area contributed by atoms with Crippen molar-refractivity contribution >= 4 is 6.03 Å². The number of nitrogens with two attached hydrogens (primary N) is 1. The molecular weight excluding hydrogens is 317 g/mol. The first-order valence-corrected chi connectivity index (χ1v) is 8.70. The molecule has 1 aliphatic rings. The summed E-state index contributed by atoms with van der Waals surface area (Å²) in [7, 11) is 0. The molecule has 0 aromatic heterocycles. The predicted molar refractivity (Wildman–Crippen MR) is 96.5 cm³/mol. The van der Waals surface area contributed by atoms with Gasteiger partial charge in [-0.1, -0.05) is 36.4 Å². The van der Waals surface area contributed by atoms with Gasteiger partial charge in [0.05, 0.1) is 0 Å². The van der Waals surface area contributed by atoms with Crippen LogP contribution < -0.4 is 11.1 Å². The fourth-order valence-electron chi connectivity index (χ4n) is 3.53. The third-order valence-corrected chi connectivity index (χ3v) is 4.86. The van der Waals surface area contributed by atoms with Crippen LogP contribution in [0.3, 0.4) is 0 Å². The molecule has 2 aromatic rings. The second kappa shape index (κ2) is 8.12. The minimum Gasteiger partial charge on any atom is -0.352 e. The van der Waals surface area contributed by atoms with Crippen molar-refractivity contribution in [3.05, 3.63) is 71.0 Å². The van der Waals surface area contributed by atoms with E-state index < -0.39 is 6.03 Å². The molecule has 0 radical (unpaired) electrons. The van der Waals surface area contributed by atoms with E-state index in [0.29, 0.717) is 12.5 Å². The van der Waals surface area contributed by atoms with Crippen LogP contribution in [-0.2, 0) is 13.1 Å². The number of amides is 2. The summed E-state index contributed by atoms with van der Waals surface area (Å²) in [6.45, 7) is 3.36. The number of primary amides is 1. The molecule has 0 unspecified atom stereocenters. The average Bonchev–Trinajstić information content (AvgIpc) is 2.63. The molecule has 3 rings (SSSR count). The highest BCUT2D eigenvalue weighted by Gasteiger charge is 2.22. The van der Waals surface area contributed by atoms with Gasteiger partial charge in [0.2, 0.25) is 0 Å². The van der Waals surface area contributed by atoms with E-state index in [-0.39, 0.29) is 5.82 Å². The lowest BCUT2D eigenvalue weighted by atomic mass is 9.86. The molecule has 0 saturated carbocycles. The predicted octanol–water partition coefficient (Wildman–Crippen LogP) is 3.37. The van der Waals surface area contributed by atoms with Gasteiger partial charge in [0.15, 0.2) is 0 Å². The van der Waals surface area contributed by atoms with E-state index in [1.165, 1.54) is 17.7 Å². The second-order valence-corrected chi connectivity index (χ2v) is 6.59. The van der Waals surface area contributed by atoms with Gasteiger partial charge in [0.1, 0.15) is 5.82 Å². The zero-order chi connectivity index (χ0) is 17.6. The Labute approximate surface area is 147 Å². The molecule has 1 fully saturated rings. The Bertz CT molecular complexity index is 709. The van der Waals surface area contributed by atoms with E-state index in [4.69, 9.17) is 5.73 Å². The number of benzene rings is 2. The molecule has 1 aliphatic heterocycles. The summed E-state index contributed by atoms with van der Waals surface area (Å²) in [6, 6.07) is 14.5. The maximum absolute atomic E-state index is 13.0. The first-order chi connectivity index (χ1) is 12.1. The van der Waals surface area contributed by atoms with Gasteiger partial charge in [-0.25, -0.2) is 9.18 Å². The van der Waals surface area contributed by atoms with E-state index >= 15 is 0 Å². The smallest absolute Gasteiger partial charge is 0.312 e. The summed E-state index contributed by atoms with van der Waals surface area (Å²) in [5, 5.41) is 2.69. The molecule has 0 spiro atoms. The van der Waals surface area contributed by atoms with Gasteiger partial charge in [0, 0.05) is 13.1 Å². The van der Waals surface area contributed by atoms with E-state index in [9.17, 15) is 9.18 Å². The highest BCUT2D eigenvalue weighted by Crippen LogP contribution is 2.31. The van der Waals surface area contributed by atoms with Crippen molar-refractivity contribution in [1.82, 2.24) is 10.2 Å². The number of nitrogens with zero attached hydrogens (tertiary/aromatic N) is 1. The van der Waals surface area contributed by atoms with Crippen LogP contribution >= 0.6 is 0 Å². The van der Waals surface area contributed by atoms with Crippen LogP contribution in [0.15, 0.2) is 48.5 Å². The minimum absolute atomic E-state index is 0.191. The lowest BCUT2D eigenvalue weighted by Gasteiger charge is -2.33. The number of carbonyl (C=O) groups excluding carboxylic acids is 1. The fourth-order valence-corrected chi connectivity index (χ4v) is 3.53. The molecule has 4 nitrogen and oxygen atoms in total. The van der Waals surface area contributed by atoms with Gasteiger partial charge in [-0.2, -0.15) is 0 Å². The monoisotopic (exact) mass is 341 g/mol. The Kier molecular flexibility index (Phi) is 5.66. The highest BCUT2D eigenvalue weighted by atomic mass is 19.1. The topological polar surface area (TPSA) is 58.4 Å². The Morgan fingerprint density at radius 1 is 1.12 bits per heavy atom. The zero-order valence-corrected chi connectivity index (χ0v) is 14.2. The number of likely N-dealkylation sites (tertiary alicyclic amines) is 1. The molecule has 2 amide bonds. The third-order valence-electron chi connectivity index (χ3n) is 4.86. The Balaban J connectivity index is 1.58. The Morgan fingerprint density at radius 2 is 1.80 bits per heavy atom. The molecule has 5 heteroatoms. The third kappa shape index (κ3) is 4.79. The van der Waals surface area contributed by atoms with Crippen LogP contribution in [0.25, 0.3) is 0 Å². The van der Waals surface area contributed by atoms with Crippen LogP contribution in [0.1, 0.15) is 35.4 Å². The number of hydrogen-bond acceptors (Lipinski definition) is 2. The minimum atomic E-state index is -0.496. The molecule has 1 heterocycles. The van der Waals surface area contributed by atoms with Gasteiger partial charge >= 0.3 is 6.03 Å². The molecule has 1 saturated heterocycles. The van der Waals surface area contributed by atoms with Crippen molar-refractivity contribution in [2.24, 2.45) is 5.73 Å². The number of urea groups is 1. The average molecular weight is 341 g/mol. The van der Waals surface area contributed by atoms with E-state index in [2.05, 4.69) is 22.3 Å². The number of piperidine rings is 1. The summed E-state index contributed by atoms with van der Waals surface area (Å²) in [6.07, 6.45) is 2.16. The molecular formula is C20H24FN3O. The van der Waals surface area contributed by atoms with Crippen molar-refractivity contribution in [3.8, 4) is 0 Å². The SMILES string of the molecule is NC(=O)NCc1ccccc1C1CCN(Cc2ccc(F)cc2)CC1. The largest absolute Gasteiger partial charge is 0.352 e. The van der Waals surface area contributed by atoms with Crippen LogP contribution in [-0.4, -0.2) is 24.0 Å². The number of hydrogen-bond donors (Lipinski definition) is 2. The summed E-state index contributed by atoms with van der Waals surface area (Å²) >= 11 is 0. The molecule has 0 aliphatic carbocycles. The molecule has 3 N–H and O–H groups in total. The van der Waals surface area contributed by atoms with Gasteiger partial charge in [-0.15, -0.1) is 0 Å². The Hall–Kier alpha value is -2.40. The lowest BCUT2D eigenvalue weighted by Crippen LogP contribution is -2.33. The standard InChI is InChI=1S/C20H24FN3O/c21-18-7-5-15(6-8-18)14-24-11-9-16(10-12-24)19-4-2-1-3-17(19)13-23-20(22)25/h1-8,16H,9-14H2,(H3,22,23,25). The quantitative estimate of drug-likeness (QED) is 0.876. The number of nitrogens with one attached hydrogen (secondary N) is 1. The lowest BCUT2D eigenvalue weighted by molar-refractivity contribution is 0.204. The number of carbonyl (C=O) groups is 1. The maximum Gasteiger partial charge on any atom is 0.312 e. The van der Waals surface area contributed by atoms with Gasteiger partial charge in [-0.3, -0.25) is 4.90 Å². The summed E-state index contributed by atoms with van der Waals surface area (Å²) in [5.41, 5.74) is 8.77. The maximum atomic E-state index is 13.0. The second-order valence-electron chi connectivity index (χ2n) is 6.59. The van der Waals surface area contributed by atoms with Gasteiger partial charge in [0.25, 0.3) is 0 Å². The highest BCUT2D eigenvalue weighted by molar-refractivity contribution is 5.71.